The summed E-state index contributed by atoms with van der Waals surface area (Å²) in [5.74, 6) is 0.456. The minimum absolute atomic E-state index is 0.0139. The van der Waals surface area contributed by atoms with Crippen LogP contribution in [0.4, 0.5) is 5.69 Å². The number of halogens is 1. The van der Waals surface area contributed by atoms with Crippen molar-refractivity contribution in [3.05, 3.63) is 46.7 Å². The van der Waals surface area contributed by atoms with Crippen LogP contribution in [0, 0.1) is 5.41 Å². The Morgan fingerprint density at radius 2 is 2.19 bits per heavy atom. The van der Waals surface area contributed by atoms with Gasteiger partial charge in [0.15, 0.2) is 5.84 Å². The van der Waals surface area contributed by atoms with E-state index in [-0.39, 0.29) is 11.4 Å². The molecule has 4 rings (SSSR count). The fraction of sp³-hybridized carbons (Fsp3) is 0.238. The molecule has 1 amide bonds. The lowest BCUT2D eigenvalue weighted by Gasteiger charge is -2.19. The molecule has 10 heteroatoms. The molecule has 0 saturated carbocycles. The van der Waals surface area contributed by atoms with Crippen molar-refractivity contribution in [1.29, 1.82) is 5.41 Å². The molecule has 2 aromatic rings. The molecule has 0 spiro atoms. The Hall–Kier alpha value is -2.88. The topological polar surface area (TPSA) is 103 Å². The molecular weight excluding hydrogens is 438 g/mol. The molecule has 160 valence electrons. The highest BCUT2D eigenvalue weighted by Crippen LogP contribution is 2.33. The van der Waals surface area contributed by atoms with Gasteiger partial charge in [-0.05, 0) is 61.0 Å². The van der Waals surface area contributed by atoms with Gasteiger partial charge in [0.05, 0.1) is 23.4 Å². The van der Waals surface area contributed by atoms with Crippen LogP contribution in [-0.4, -0.2) is 34.1 Å². The maximum absolute atomic E-state index is 12.5. The number of amidine groups is 2. The van der Waals surface area contributed by atoms with Gasteiger partial charge in [-0.3, -0.25) is 20.5 Å². The van der Waals surface area contributed by atoms with Crippen LogP contribution in [0.3, 0.4) is 0 Å². The summed E-state index contributed by atoms with van der Waals surface area (Å²) in [5, 5.41) is 16.1. The smallest absolute Gasteiger partial charge is 0.283 e. The average Bonchev–Trinajstić information content (AvgIpc) is 3.37. The van der Waals surface area contributed by atoms with Gasteiger partial charge in [-0.2, -0.15) is 15.1 Å². The summed E-state index contributed by atoms with van der Waals surface area (Å²) >= 11 is 7.70. The molecule has 1 aromatic carbocycles. The van der Waals surface area contributed by atoms with E-state index >= 15 is 0 Å². The standard InChI is InChI=1S/C21H20ClN5O3S/c1-3-4-5-18-25-27-19(23)15(20(28)24-21(27)31-18)11-13-7-9-17(30-13)14-8-6-12(26-29-2)10-16(14)22/h6-11,23,26H,3-5H2,1-2H3/b15-11-,23-19?. The SMILES string of the molecule is CCCCC1=NN2C(=N)/C(=C/c3ccc(-c4ccc(NOC)cc4Cl)o3)C(=O)N=C2S1. The van der Waals surface area contributed by atoms with Crippen molar-refractivity contribution in [2.24, 2.45) is 10.1 Å². The van der Waals surface area contributed by atoms with E-state index in [2.05, 4.69) is 22.5 Å². The van der Waals surface area contributed by atoms with Gasteiger partial charge in [-0.1, -0.05) is 24.9 Å². The molecule has 2 aliphatic rings. The number of hydrazone groups is 1. The van der Waals surface area contributed by atoms with Crippen LogP contribution in [0.1, 0.15) is 31.9 Å². The van der Waals surface area contributed by atoms with Crippen molar-refractivity contribution in [3.8, 4) is 11.3 Å². The Balaban J connectivity index is 1.58. The number of carbonyl (C=O) groups is 1. The first-order valence-corrected chi connectivity index (χ1v) is 10.9. The van der Waals surface area contributed by atoms with E-state index in [4.69, 9.17) is 26.3 Å². The van der Waals surface area contributed by atoms with Crippen molar-refractivity contribution in [3.63, 3.8) is 0 Å². The summed E-state index contributed by atoms with van der Waals surface area (Å²) < 4.78 is 5.87. The molecule has 0 bridgehead atoms. The Morgan fingerprint density at radius 1 is 1.35 bits per heavy atom. The largest absolute Gasteiger partial charge is 0.457 e. The molecule has 3 heterocycles. The first kappa shape index (κ1) is 21.4. The van der Waals surface area contributed by atoms with Gasteiger partial charge in [0.25, 0.3) is 5.91 Å². The van der Waals surface area contributed by atoms with Crippen molar-refractivity contribution in [1.82, 2.24) is 5.01 Å². The molecule has 0 aliphatic carbocycles. The second kappa shape index (κ2) is 9.09. The predicted molar refractivity (Wildman–Crippen MR) is 124 cm³/mol. The van der Waals surface area contributed by atoms with Crippen LogP contribution >= 0.6 is 23.4 Å². The number of nitrogens with one attached hydrogen (secondary N) is 2. The fourth-order valence-corrected chi connectivity index (χ4v) is 4.27. The Labute approximate surface area is 188 Å². The number of furan rings is 1. The summed E-state index contributed by atoms with van der Waals surface area (Å²) in [4.78, 5) is 21.5. The third-order valence-corrected chi connectivity index (χ3v) is 5.89. The first-order chi connectivity index (χ1) is 15.0. The van der Waals surface area contributed by atoms with Crippen LogP contribution in [0.25, 0.3) is 17.4 Å². The lowest BCUT2D eigenvalue weighted by molar-refractivity contribution is -0.114. The van der Waals surface area contributed by atoms with Gasteiger partial charge in [-0.25, -0.2) is 0 Å². The normalized spacial score (nSPS) is 17.1. The lowest BCUT2D eigenvalue weighted by atomic mass is 10.1. The number of unbranched alkanes of at least 4 members (excludes halogenated alkanes) is 1. The van der Waals surface area contributed by atoms with Crippen LogP contribution in [0.15, 0.2) is 50.4 Å². The van der Waals surface area contributed by atoms with Crippen molar-refractivity contribution in [2.75, 3.05) is 12.6 Å². The molecule has 0 unspecified atom stereocenters. The number of rotatable bonds is 7. The number of benzene rings is 1. The van der Waals surface area contributed by atoms with E-state index in [1.54, 1.807) is 30.3 Å². The number of anilines is 1. The Bertz CT molecular complexity index is 1140. The molecule has 0 fully saturated rings. The maximum atomic E-state index is 12.5. The summed E-state index contributed by atoms with van der Waals surface area (Å²) in [5.41, 5.74) is 4.24. The zero-order valence-electron chi connectivity index (χ0n) is 16.9. The molecule has 8 nitrogen and oxygen atoms in total. The van der Waals surface area contributed by atoms with E-state index in [0.29, 0.717) is 33.0 Å². The zero-order valence-corrected chi connectivity index (χ0v) is 18.5. The minimum atomic E-state index is -0.485. The highest BCUT2D eigenvalue weighted by molar-refractivity contribution is 8.26. The fourth-order valence-electron chi connectivity index (χ4n) is 3.07. The minimum Gasteiger partial charge on any atom is -0.457 e. The third kappa shape index (κ3) is 4.43. The van der Waals surface area contributed by atoms with Gasteiger partial charge < -0.3 is 4.42 Å². The zero-order chi connectivity index (χ0) is 22.0. The van der Waals surface area contributed by atoms with E-state index in [1.807, 2.05) is 0 Å². The number of carbonyl (C=O) groups excluding carboxylic acids is 1. The Morgan fingerprint density at radius 3 is 2.94 bits per heavy atom. The maximum Gasteiger partial charge on any atom is 0.283 e. The summed E-state index contributed by atoms with van der Waals surface area (Å²) in [7, 11) is 1.52. The number of hydrogen-bond donors (Lipinski definition) is 2. The molecule has 1 aromatic heterocycles. The highest BCUT2D eigenvalue weighted by atomic mass is 35.5. The second-order valence-electron chi connectivity index (χ2n) is 6.82. The summed E-state index contributed by atoms with van der Waals surface area (Å²) in [6.45, 7) is 2.10. The van der Waals surface area contributed by atoms with Crippen LogP contribution in [0.2, 0.25) is 5.02 Å². The van der Waals surface area contributed by atoms with E-state index < -0.39 is 5.91 Å². The first-order valence-electron chi connectivity index (χ1n) is 9.68. The van der Waals surface area contributed by atoms with Gasteiger partial charge in [0.2, 0.25) is 5.17 Å². The number of hydrogen-bond acceptors (Lipinski definition) is 7. The van der Waals surface area contributed by atoms with Crippen molar-refractivity contribution in [2.45, 2.75) is 26.2 Å². The molecule has 31 heavy (non-hydrogen) atoms. The van der Waals surface area contributed by atoms with Crippen molar-refractivity contribution < 1.29 is 14.0 Å². The van der Waals surface area contributed by atoms with Crippen LogP contribution in [0.5, 0.6) is 0 Å². The molecule has 0 atom stereocenters. The quantitative estimate of drug-likeness (QED) is 0.427. The molecular formula is C21H20ClN5O3S. The number of aliphatic imine (C=N–C) groups is 1. The third-order valence-electron chi connectivity index (χ3n) is 4.61. The number of amides is 1. The number of fused-ring (bicyclic) bond motifs is 1. The second-order valence-corrected chi connectivity index (χ2v) is 8.27. The average molecular weight is 458 g/mol. The van der Waals surface area contributed by atoms with Gasteiger partial charge in [0.1, 0.15) is 16.6 Å². The van der Waals surface area contributed by atoms with Crippen LogP contribution in [-0.2, 0) is 9.63 Å². The molecule has 2 aliphatic heterocycles. The Kier molecular flexibility index (Phi) is 6.26. The van der Waals surface area contributed by atoms with E-state index in [0.717, 1.165) is 24.3 Å². The van der Waals surface area contributed by atoms with Gasteiger partial charge in [-0.15, -0.1) is 0 Å². The predicted octanol–water partition coefficient (Wildman–Crippen LogP) is 5.38. The molecule has 0 saturated heterocycles. The van der Waals surface area contributed by atoms with E-state index in [9.17, 15) is 4.79 Å². The molecule has 0 radical (unpaired) electrons. The highest BCUT2D eigenvalue weighted by Gasteiger charge is 2.35. The monoisotopic (exact) mass is 457 g/mol. The van der Waals surface area contributed by atoms with E-state index in [1.165, 1.54) is 30.0 Å². The molecule has 2 N–H and O–H groups in total. The number of thioether (sulfide) groups is 1. The van der Waals surface area contributed by atoms with Crippen LogP contribution < -0.4 is 5.48 Å². The van der Waals surface area contributed by atoms with Crippen molar-refractivity contribution >= 4 is 57.1 Å². The van der Waals surface area contributed by atoms with Gasteiger partial charge in [0, 0.05) is 5.56 Å². The summed E-state index contributed by atoms with van der Waals surface area (Å²) in [6.07, 6.45) is 4.35. The lowest BCUT2D eigenvalue weighted by Crippen LogP contribution is -2.35. The van der Waals surface area contributed by atoms with Gasteiger partial charge >= 0.3 is 0 Å². The summed E-state index contributed by atoms with van der Waals surface area (Å²) in [6, 6.07) is 8.81. The number of nitrogens with zero attached hydrogens (tertiary/aromatic N) is 3.